The number of rotatable bonds is 6. The zero-order valence-electron chi connectivity index (χ0n) is 11.3. The molecule has 1 aromatic rings. The van der Waals surface area contributed by atoms with Crippen molar-refractivity contribution in [2.75, 3.05) is 11.5 Å². The van der Waals surface area contributed by atoms with Crippen molar-refractivity contribution in [3.63, 3.8) is 0 Å². The number of nitrogens with zero attached hydrogens (tertiary/aromatic N) is 1. The largest absolute Gasteiger partial charge is 0.397 e. The van der Waals surface area contributed by atoms with Gasteiger partial charge in [0.15, 0.2) is 5.78 Å². The van der Waals surface area contributed by atoms with Gasteiger partial charge in [0.25, 0.3) is 0 Å². The van der Waals surface area contributed by atoms with Crippen LogP contribution in [0.5, 0.6) is 0 Å². The van der Waals surface area contributed by atoms with E-state index >= 15 is 0 Å². The molecule has 1 amide bonds. The van der Waals surface area contributed by atoms with Crippen LogP contribution in [-0.2, 0) is 9.59 Å². The molecule has 3 N–H and O–H groups in total. The number of carbonyl (C=O) groups is 2. The monoisotopic (exact) mass is 281 g/mol. The van der Waals surface area contributed by atoms with Gasteiger partial charge in [-0.25, -0.2) is 4.98 Å². The van der Waals surface area contributed by atoms with Gasteiger partial charge in [0.2, 0.25) is 5.91 Å². The maximum Gasteiger partial charge on any atom is 0.231 e. The molecular formula is C13H19N3O2S. The summed E-state index contributed by atoms with van der Waals surface area (Å²) in [7, 11) is 0. The number of Topliss-reactive ketones (excluding diaryl/α,β-unsaturated/α-hetero) is 1. The average Bonchev–Trinajstić information content (AvgIpc) is 2.34. The van der Waals surface area contributed by atoms with Crippen molar-refractivity contribution in [2.24, 2.45) is 5.92 Å². The van der Waals surface area contributed by atoms with E-state index in [0.717, 1.165) is 5.03 Å². The van der Waals surface area contributed by atoms with Crippen LogP contribution in [0.2, 0.25) is 0 Å². The van der Waals surface area contributed by atoms with E-state index in [9.17, 15) is 9.59 Å². The van der Waals surface area contributed by atoms with E-state index < -0.39 is 6.04 Å². The number of pyridine rings is 1. The summed E-state index contributed by atoms with van der Waals surface area (Å²) in [4.78, 5) is 27.2. The fraction of sp³-hybridized carbons (Fsp3) is 0.462. The summed E-state index contributed by atoms with van der Waals surface area (Å²) in [5.41, 5.74) is 6.11. The molecule has 0 bridgehead atoms. The highest BCUT2D eigenvalue weighted by Gasteiger charge is 2.20. The van der Waals surface area contributed by atoms with Gasteiger partial charge in [-0.3, -0.25) is 9.59 Å². The number of ketones is 1. The van der Waals surface area contributed by atoms with E-state index in [0.29, 0.717) is 5.69 Å². The van der Waals surface area contributed by atoms with E-state index in [4.69, 9.17) is 5.73 Å². The minimum Gasteiger partial charge on any atom is -0.397 e. The van der Waals surface area contributed by atoms with Gasteiger partial charge in [-0.2, -0.15) is 0 Å². The van der Waals surface area contributed by atoms with Crippen LogP contribution in [0, 0.1) is 5.92 Å². The number of nitrogen functional groups attached to an aromatic ring is 1. The van der Waals surface area contributed by atoms with Crippen LogP contribution >= 0.6 is 11.8 Å². The normalized spacial score (nSPS) is 12.2. The van der Waals surface area contributed by atoms with E-state index in [2.05, 4.69) is 10.3 Å². The molecule has 0 aliphatic carbocycles. The van der Waals surface area contributed by atoms with Crippen molar-refractivity contribution in [3.8, 4) is 0 Å². The third kappa shape index (κ3) is 5.30. The molecule has 0 fully saturated rings. The minimum absolute atomic E-state index is 0.0287. The molecule has 1 rings (SSSR count). The minimum atomic E-state index is -0.424. The molecule has 104 valence electrons. The molecule has 0 saturated carbocycles. The Hall–Kier alpha value is -1.56. The molecular weight excluding hydrogens is 262 g/mol. The van der Waals surface area contributed by atoms with Gasteiger partial charge in [-0.05, 0) is 25.0 Å². The van der Waals surface area contributed by atoms with Gasteiger partial charge in [0, 0.05) is 0 Å². The first kappa shape index (κ1) is 15.5. The molecule has 5 nitrogen and oxygen atoms in total. The van der Waals surface area contributed by atoms with Gasteiger partial charge in [-0.15, -0.1) is 0 Å². The molecule has 0 aliphatic rings. The molecule has 1 aromatic heterocycles. The smallest absolute Gasteiger partial charge is 0.231 e. The highest BCUT2D eigenvalue weighted by molar-refractivity contribution is 7.99. The van der Waals surface area contributed by atoms with E-state index in [-0.39, 0.29) is 23.4 Å². The van der Waals surface area contributed by atoms with Crippen molar-refractivity contribution >= 4 is 29.1 Å². The van der Waals surface area contributed by atoms with Crippen LogP contribution in [-0.4, -0.2) is 28.5 Å². The molecule has 0 aromatic carbocycles. The second-order valence-electron chi connectivity index (χ2n) is 4.62. The molecule has 0 radical (unpaired) electrons. The zero-order valence-corrected chi connectivity index (χ0v) is 12.2. The Labute approximate surface area is 117 Å². The van der Waals surface area contributed by atoms with E-state index in [1.165, 1.54) is 18.7 Å². The molecule has 1 atom stereocenters. The third-order valence-electron chi connectivity index (χ3n) is 2.53. The van der Waals surface area contributed by atoms with Gasteiger partial charge in [0.1, 0.15) is 0 Å². The maximum absolute atomic E-state index is 11.8. The van der Waals surface area contributed by atoms with Gasteiger partial charge in [0.05, 0.1) is 28.7 Å². The van der Waals surface area contributed by atoms with Crippen LogP contribution in [0.4, 0.5) is 5.69 Å². The number of hydrogen-bond donors (Lipinski definition) is 2. The number of nitrogens with two attached hydrogens (primary N) is 1. The van der Waals surface area contributed by atoms with Crippen LogP contribution in [0.25, 0.3) is 0 Å². The standard InChI is InChI=1S/C13H19N3O2S/c1-8(2)13(9(3)17)16-11(18)7-19-12-5-4-10(14)6-15-12/h4-6,8,13H,7,14H2,1-3H3,(H,16,18). The lowest BCUT2D eigenvalue weighted by Gasteiger charge is -2.19. The van der Waals surface area contributed by atoms with Crippen molar-refractivity contribution in [1.82, 2.24) is 10.3 Å². The molecule has 0 spiro atoms. The number of hydrogen-bond acceptors (Lipinski definition) is 5. The second kappa shape index (κ2) is 7.13. The van der Waals surface area contributed by atoms with Crippen molar-refractivity contribution < 1.29 is 9.59 Å². The van der Waals surface area contributed by atoms with Crippen molar-refractivity contribution in [3.05, 3.63) is 18.3 Å². The highest BCUT2D eigenvalue weighted by Crippen LogP contribution is 2.15. The number of thioether (sulfide) groups is 1. The van der Waals surface area contributed by atoms with Crippen molar-refractivity contribution in [1.29, 1.82) is 0 Å². The predicted molar refractivity (Wildman–Crippen MR) is 76.8 cm³/mol. The average molecular weight is 281 g/mol. The summed E-state index contributed by atoms with van der Waals surface area (Å²) < 4.78 is 0. The first-order chi connectivity index (χ1) is 8.90. The van der Waals surface area contributed by atoms with Crippen LogP contribution in [0.15, 0.2) is 23.4 Å². The Morgan fingerprint density at radius 1 is 1.42 bits per heavy atom. The Morgan fingerprint density at radius 2 is 2.11 bits per heavy atom. The zero-order chi connectivity index (χ0) is 14.4. The molecule has 19 heavy (non-hydrogen) atoms. The maximum atomic E-state index is 11.8. The number of amides is 1. The molecule has 0 saturated heterocycles. The first-order valence-corrected chi connectivity index (χ1v) is 7.03. The summed E-state index contributed by atoms with van der Waals surface area (Å²) >= 11 is 1.31. The van der Waals surface area contributed by atoms with Gasteiger partial charge in [-0.1, -0.05) is 25.6 Å². The SMILES string of the molecule is CC(=O)C(NC(=O)CSc1ccc(N)cn1)C(C)C. The van der Waals surface area contributed by atoms with E-state index in [1.807, 2.05) is 13.8 Å². The Bertz CT molecular complexity index is 446. The number of aromatic nitrogens is 1. The van der Waals surface area contributed by atoms with Gasteiger partial charge < -0.3 is 11.1 Å². The lowest BCUT2D eigenvalue weighted by Crippen LogP contribution is -2.44. The third-order valence-corrected chi connectivity index (χ3v) is 3.48. The van der Waals surface area contributed by atoms with E-state index in [1.54, 1.807) is 18.3 Å². The van der Waals surface area contributed by atoms with Crippen LogP contribution in [0.3, 0.4) is 0 Å². The summed E-state index contributed by atoms with van der Waals surface area (Å²) in [5, 5.41) is 3.47. The van der Waals surface area contributed by atoms with Crippen LogP contribution in [0.1, 0.15) is 20.8 Å². The molecule has 1 unspecified atom stereocenters. The summed E-state index contributed by atoms with van der Waals surface area (Å²) in [6, 6.07) is 3.07. The summed E-state index contributed by atoms with van der Waals surface area (Å²) in [6.45, 7) is 5.29. The Kier molecular flexibility index (Phi) is 5.82. The number of nitrogens with one attached hydrogen (secondary N) is 1. The van der Waals surface area contributed by atoms with Gasteiger partial charge >= 0.3 is 0 Å². The molecule has 1 heterocycles. The predicted octanol–water partition coefficient (Wildman–Crippen LogP) is 1.49. The first-order valence-electron chi connectivity index (χ1n) is 6.04. The van der Waals surface area contributed by atoms with Crippen LogP contribution < -0.4 is 11.1 Å². The highest BCUT2D eigenvalue weighted by atomic mass is 32.2. The summed E-state index contributed by atoms with van der Waals surface area (Å²) in [6.07, 6.45) is 1.55. The second-order valence-corrected chi connectivity index (χ2v) is 5.61. The van der Waals surface area contributed by atoms with Crippen molar-refractivity contribution in [2.45, 2.75) is 31.8 Å². The fourth-order valence-electron chi connectivity index (χ4n) is 1.57. The Morgan fingerprint density at radius 3 is 2.58 bits per heavy atom. The quantitative estimate of drug-likeness (QED) is 0.772. The lowest BCUT2D eigenvalue weighted by atomic mass is 10.0. The molecule has 0 aliphatic heterocycles. The number of anilines is 1. The molecule has 6 heteroatoms. The fourth-order valence-corrected chi connectivity index (χ4v) is 2.22. The topological polar surface area (TPSA) is 85.1 Å². The Balaban J connectivity index is 2.47. The lowest BCUT2D eigenvalue weighted by molar-refractivity contribution is -0.126. The number of carbonyl (C=O) groups excluding carboxylic acids is 2. The summed E-state index contributed by atoms with van der Waals surface area (Å²) in [5.74, 6) is 0.116.